The lowest BCUT2D eigenvalue weighted by Crippen LogP contribution is -2.20. The Kier molecular flexibility index (Phi) is 8.55. The van der Waals surface area contributed by atoms with Crippen LogP contribution in [0.3, 0.4) is 0 Å². The molecule has 124 valence electrons. The Morgan fingerprint density at radius 1 is 1.09 bits per heavy atom. The van der Waals surface area contributed by atoms with E-state index in [1.807, 2.05) is 25.1 Å². The van der Waals surface area contributed by atoms with Crippen molar-refractivity contribution in [2.24, 2.45) is 4.99 Å². The number of nitrogens with zero attached hydrogens (tertiary/aromatic N) is 1. The number of methoxy groups -OCH3 is 3. The van der Waals surface area contributed by atoms with Crippen molar-refractivity contribution in [1.82, 2.24) is 0 Å². The number of ether oxygens (including phenoxy) is 4. The van der Waals surface area contributed by atoms with Crippen LogP contribution < -0.4 is 9.47 Å². The lowest BCUT2D eigenvalue weighted by molar-refractivity contribution is -0.112. The van der Waals surface area contributed by atoms with Crippen molar-refractivity contribution in [3.63, 3.8) is 0 Å². The molecule has 0 heterocycles. The smallest absolute Gasteiger partial charge is 0.176 e. The third-order valence-electron chi connectivity index (χ3n) is 3.25. The molecule has 0 radical (unpaired) electrons. The van der Waals surface area contributed by atoms with Crippen LogP contribution in [0, 0.1) is 0 Å². The molecule has 0 saturated carbocycles. The van der Waals surface area contributed by atoms with E-state index in [2.05, 4.69) is 11.9 Å². The molecule has 0 fully saturated rings. The Bertz CT molecular complexity index is 474. The zero-order valence-electron chi connectivity index (χ0n) is 14.2. The summed E-state index contributed by atoms with van der Waals surface area (Å²) in [6, 6.07) is 5.85. The van der Waals surface area contributed by atoms with Gasteiger partial charge in [-0.25, -0.2) is 0 Å². The first-order chi connectivity index (χ1) is 10.7. The van der Waals surface area contributed by atoms with Gasteiger partial charge in [0.2, 0.25) is 0 Å². The van der Waals surface area contributed by atoms with Gasteiger partial charge in [0.25, 0.3) is 0 Å². The van der Waals surface area contributed by atoms with Crippen molar-refractivity contribution in [3.05, 3.63) is 23.8 Å². The van der Waals surface area contributed by atoms with Gasteiger partial charge in [-0.3, -0.25) is 4.99 Å². The Morgan fingerprint density at radius 2 is 1.82 bits per heavy atom. The van der Waals surface area contributed by atoms with Gasteiger partial charge >= 0.3 is 0 Å². The van der Waals surface area contributed by atoms with Gasteiger partial charge in [0.15, 0.2) is 17.8 Å². The number of hydrogen-bond acceptors (Lipinski definition) is 5. The first kappa shape index (κ1) is 18.5. The zero-order chi connectivity index (χ0) is 16.4. The van der Waals surface area contributed by atoms with Crippen LogP contribution in [0.4, 0.5) is 0 Å². The summed E-state index contributed by atoms with van der Waals surface area (Å²) in [6.07, 6.45) is 1.59. The molecule has 1 rings (SSSR count). The van der Waals surface area contributed by atoms with Gasteiger partial charge in [-0.05, 0) is 37.1 Å². The van der Waals surface area contributed by atoms with E-state index in [1.165, 1.54) is 0 Å². The molecule has 0 spiro atoms. The van der Waals surface area contributed by atoms with Gasteiger partial charge in [-0.1, -0.05) is 13.3 Å². The highest BCUT2D eigenvalue weighted by molar-refractivity contribution is 6.01. The molecule has 1 aromatic rings. The standard InChI is InChI=1S/C17H27NO4/c1-6-8-14(18-12-17(21-5)22-7-2)13-9-10-15(19-3)16(11-13)20-4/h9-11,17H,6-8,12H2,1-5H3. The third-order valence-corrected chi connectivity index (χ3v) is 3.25. The average Bonchev–Trinajstić information content (AvgIpc) is 2.56. The molecule has 0 aromatic heterocycles. The molecule has 1 aromatic carbocycles. The molecule has 0 aliphatic heterocycles. The summed E-state index contributed by atoms with van der Waals surface area (Å²) < 4.78 is 21.4. The Hall–Kier alpha value is -1.59. The minimum Gasteiger partial charge on any atom is -0.493 e. The highest BCUT2D eigenvalue weighted by Gasteiger charge is 2.11. The van der Waals surface area contributed by atoms with Crippen LogP contribution in [0.1, 0.15) is 32.3 Å². The molecule has 5 heteroatoms. The molecule has 0 aliphatic rings. The normalized spacial score (nSPS) is 13.0. The average molecular weight is 309 g/mol. The van der Waals surface area contributed by atoms with Crippen LogP contribution in [-0.2, 0) is 9.47 Å². The van der Waals surface area contributed by atoms with Crippen molar-refractivity contribution in [3.8, 4) is 11.5 Å². The maximum atomic E-state index is 5.46. The third kappa shape index (κ3) is 5.31. The first-order valence-corrected chi connectivity index (χ1v) is 7.60. The SMILES string of the molecule is CCCC(=NCC(OC)OCC)c1ccc(OC)c(OC)c1. The van der Waals surface area contributed by atoms with Crippen molar-refractivity contribution in [2.45, 2.75) is 33.0 Å². The fraction of sp³-hybridized carbons (Fsp3) is 0.588. The van der Waals surface area contributed by atoms with E-state index in [4.69, 9.17) is 18.9 Å². The molecular formula is C17H27NO4. The summed E-state index contributed by atoms with van der Waals surface area (Å²) in [5.41, 5.74) is 2.05. The van der Waals surface area contributed by atoms with Gasteiger partial charge in [0.1, 0.15) is 0 Å². The number of hydrogen-bond donors (Lipinski definition) is 0. The first-order valence-electron chi connectivity index (χ1n) is 7.60. The van der Waals surface area contributed by atoms with E-state index in [1.54, 1.807) is 21.3 Å². The van der Waals surface area contributed by atoms with Gasteiger partial charge in [0.05, 0.1) is 20.8 Å². The van der Waals surface area contributed by atoms with Gasteiger partial charge < -0.3 is 18.9 Å². The summed E-state index contributed by atoms with van der Waals surface area (Å²) >= 11 is 0. The van der Waals surface area contributed by atoms with Crippen LogP contribution >= 0.6 is 0 Å². The highest BCUT2D eigenvalue weighted by atomic mass is 16.7. The quantitative estimate of drug-likeness (QED) is 0.491. The molecule has 0 saturated heterocycles. The topological polar surface area (TPSA) is 49.3 Å². The molecule has 5 nitrogen and oxygen atoms in total. The lowest BCUT2D eigenvalue weighted by Gasteiger charge is -2.15. The molecular weight excluding hydrogens is 282 g/mol. The van der Waals surface area contributed by atoms with E-state index in [0.29, 0.717) is 24.7 Å². The summed E-state index contributed by atoms with van der Waals surface area (Å²) in [4.78, 5) is 4.67. The molecule has 0 bridgehead atoms. The Balaban J connectivity index is 2.98. The number of aliphatic imine (C=N–C) groups is 1. The molecule has 0 amide bonds. The molecule has 1 atom stereocenters. The van der Waals surface area contributed by atoms with Crippen LogP contribution in [-0.4, -0.2) is 46.5 Å². The fourth-order valence-corrected chi connectivity index (χ4v) is 2.13. The summed E-state index contributed by atoms with van der Waals surface area (Å²) in [5.74, 6) is 1.42. The Morgan fingerprint density at radius 3 is 2.36 bits per heavy atom. The second kappa shape index (κ2) is 10.2. The summed E-state index contributed by atoms with van der Waals surface area (Å²) in [6.45, 7) is 5.16. The highest BCUT2D eigenvalue weighted by Crippen LogP contribution is 2.28. The zero-order valence-corrected chi connectivity index (χ0v) is 14.2. The lowest BCUT2D eigenvalue weighted by atomic mass is 10.1. The monoisotopic (exact) mass is 309 g/mol. The van der Waals surface area contributed by atoms with Crippen LogP contribution in [0.5, 0.6) is 11.5 Å². The fourth-order valence-electron chi connectivity index (χ4n) is 2.13. The van der Waals surface area contributed by atoms with E-state index in [-0.39, 0.29) is 6.29 Å². The van der Waals surface area contributed by atoms with E-state index in [9.17, 15) is 0 Å². The molecule has 0 N–H and O–H groups in total. The minimum atomic E-state index is -0.308. The predicted octanol–water partition coefficient (Wildman–Crippen LogP) is 3.30. The van der Waals surface area contributed by atoms with Crippen molar-refractivity contribution < 1.29 is 18.9 Å². The van der Waals surface area contributed by atoms with Crippen LogP contribution in [0.15, 0.2) is 23.2 Å². The molecule has 1 unspecified atom stereocenters. The largest absolute Gasteiger partial charge is 0.493 e. The van der Waals surface area contributed by atoms with E-state index < -0.39 is 0 Å². The summed E-state index contributed by atoms with van der Waals surface area (Å²) in [5, 5.41) is 0. The van der Waals surface area contributed by atoms with Gasteiger partial charge in [-0.2, -0.15) is 0 Å². The predicted molar refractivity (Wildman–Crippen MR) is 88.3 cm³/mol. The van der Waals surface area contributed by atoms with Crippen molar-refractivity contribution in [2.75, 3.05) is 34.5 Å². The molecule has 0 aliphatic carbocycles. The Labute approximate surface area is 133 Å². The van der Waals surface area contributed by atoms with Gasteiger partial charge in [0, 0.05) is 19.4 Å². The second-order valence-corrected chi connectivity index (χ2v) is 4.73. The summed E-state index contributed by atoms with van der Waals surface area (Å²) in [7, 11) is 4.89. The van der Waals surface area contributed by atoms with E-state index >= 15 is 0 Å². The maximum Gasteiger partial charge on any atom is 0.176 e. The van der Waals surface area contributed by atoms with Crippen molar-refractivity contribution in [1.29, 1.82) is 0 Å². The second-order valence-electron chi connectivity index (χ2n) is 4.73. The minimum absolute atomic E-state index is 0.308. The molecule has 22 heavy (non-hydrogen) atoms. The van der Waals surface area contributed by atoms with Crippen LogP contribution in [0.2, 0.25) is 0 Å². The number of benzene rings is 1. The van der Waals surface area contributed by atoms with Crippen molar-refractivity contribution >= 4 is 5.71 Å². The van der Waals surface area contributed by atoms with Gasteiger partial charge in [-0.15, -0.1) is 0 Å². The van der Waals surface area contributed by atoms with E-state index in [0.717, 1.165) is 24.1 Å². The van der Waals surface area contributed by atoms with Crippen LogP contribution in [0.25, 0.3) is 0 Å². The number of rotatable bonds is 10. The maximum absolute atomic E-state index is 5.46.